The Kier molecular flexibility index (Phi) is 5.93. The predicted octanol–water partition coefficient (Wildman–Crippen LogP) is 0.624. The van der Waals surface area contributed by atoms with Gasteiger partial charge in [0.15, 0.2) is 0 Å². The van der Waals surface area contributed by atoms with Crippen LogP contribution in [-0.4, -0.2) is 54.1 Å². The summed E-state index contributed by atoms with van der Waals surface area (Å²) < 4.78 is 4.57. The van der Waals surface area contributed by atoms with Crippen molar-refractivity contribution in [1.82, 2.24) is 15.8 Å². The summed E-state index contributed by atoms with van der Waals surface area (Å²) in [4.78, 5) is 47.4. The minimum Gasteiger partial charge on any atom is -0.465 e. The summed E-state index contributed by atoms with van der Waals surface area (Å²) in [6, 6.07) is 5.78. The molecular formula is C16H19N3O6. The number of likely N-dealkylation sites (tertiary alicyclic amines) is 1. The molecular weight excluding hydrogens is 330 g/mol. The number of hydrogen-bond donors (Lipinski definition) is 3. The van der Waals surface area contributed by atoms with Gasteiger partial charge in [0.05, 0.1) is 12.7 Å². The summed E-state index contributed by atoms with van der Waals surface area (Å²) in [6.07, 6.45) is -0.188. The molecule has 25 heavy (non-hydrogen) atoms. The van der Waals surface area contributed by atoms with Crippen LogP contribution >= 0.6 is 0 Å². The van der Waals surface area contributed by atoms with E-state index >= 15 is 0 Å². The molecule has 9 nitrogen and oxygen atoms in total. The zero-order valence-corrected chi connectivity index (χ0v) is 13.7. The highest BCUT2D eigenvalue weighted by Gasteiger charge is 2.27. The van der Waals surface area contributed by atoms with Gasteiger partial charge < -0.3 is 14.7 Å². The van der Waals surface area contributed by atoms with Crippen LogP contribution in [0, 0.1) is 5.92 Å². The number of hydrogen-bond acceptors (Lipinski definition) is 5. The van der Waals surface area contributed by atoms with E-state index < -0.39 is 18.0 Å². The fourth-order valence-electron chi connectivity index (χ4n) is 2.50. The van der Waals surface area contributed by atoms with E-state index in [4.69, 9.17) is 5.11 Å². The first-order valence-electron chi connectivity index (χ1n) is 7.69. The van der Waals surface area contributed by atoms with Crippen LogP contribution in [-0.2, 0) is 9.53 Å². The highest BCUT2D eigenvalue weighted by Crippen LogP contribution is 2.17. The van der Waals surface area contributed by atoms with Gasteiger partial charge in [-0.1, -0.05) is 0 Å². The van der Waals surface area contributed by atoms with Gasteiger partial charge >= 0.3 is 12.1 Å². The number of amides is 3. The number of ether oxygens (including phenoxy) is 1. The number of nitrogens with zero attached hydrogens (tertiary/aromatic N) is 1. The number of rotatable bonds is 3. The Balaban J connectivity index is 1.82. The summed E-state index contributed by atoms with van der Waals surface area (Å²) in [6.45, 7) is 0.576. The monoisotopic (exact) mass is 349 g/mol. The average molecular weight is 349 g/mol. The van der Waals surface area contributed by atoms with E-state index in [9.17, 15) is 19.2 Å². The van der Waals surface area contributed by atoms with Crippen LogP contribution in [0.4, 0.5) is 4.79 Å². The molecule has 0 bridgehead atoms. The molecule has 3 N–H and O–H groups in total. The first kappa shape index (κ1) is 18.2. The third kappa shape index (κ3) is 4.69. The van der Waals surface area contributed by atoms with Gasteiger partial charge in [0.2, 0.25) is 5.91 Å². The van der Waals surface area contributed by atoms with Crippen LogP contribution < -0.4 is 10.9 Å². The molecule has 1 heterocycles. The number of nitrogens with one attached hydrogen (secondary N) is 2. The highest BCUT2D eigenvalue weighted by atomic mass is 16.5. The summed E-state index contributed by atoms with van der Waals surface area (Å²) in [7, 11) is 1.26. The van der Waals surface area contributed by atoms with Crippen LogP contribution in [0.25, 0.3) is 0 Å². The lowest BCUT2D eigenvalue weighted by molar-refractivity contribution is -0.127. The van der Waals surface area contributed by atoms with Crippen molar-refractivity contribution in [1.29, 1.82) is 0 Å². The van der Waals surface area contributed by atoms with E-state index in [-0.39, 0.29) is 30.5 Å². The topological polar surface area (TPSA) is 125 Å². The van der Waals surface area contributed by atoms with E-state index in [0.717, 1.165) is 0 Å². The summed E-state index contributed by atoms with van der Waals surface area (Å²) >= 11 is 0. The maximum Gasteiger partial charge on any atom is 0.407 e. The van der Waals surface area contributed by atoms with Gasteiger partial charge in [0.25, 0.3) is 5.91 Å². The van der Waals surface area contributed by atoms with Gasteiger partial charge in [-0.2, -0.15) is 0 Å². The van der Waals surface area contributed by atoms with Crippen molar-refractivity contribution < 1.29 is 29.0 Å². The lowest BCUT2D eigenvalue weighted by atomic mass is 9.96. The number of carbonyl (C=O) groups is 4. The molecule has 0 atom stereocenters. The summed E-state index contributed by atoms with van der Waals surface area (Å²) in [5.74, 6) is -1.73. The fraction of sp³-hybridized carbons (Fsp3) is 0.375. The zero-order chi connectivity index (χ0) is 18.4. The standard InChI is InChI=1S/C16H19N3O6/c1-25-15(22)12-4-2-10(3-5-12)13(20)17-18-14(21)11-6-8-19(9-7-11)16(23)24/h2-5,11H,6-9H2,1H3,(H,17,20)(H,18,21)(H,23,24). The second-order valence-electron chi connectivity index (χ2n) is 5.56. The summed E-state index contributed by atoms with van der Waals surface area (Å²) in [5, 5.41) is 8.87. The number of carboxylic acid groups (broad SMARTS) is 1. The largest absolute Gasteiger partial charge is 0.465 e. The maximum atomic E-state index is 12.0. The lowest BCUT2D eigenvalue weighted by Crippen LogP contribution is -2.48. The van der Waals surface area contributed by atoms with Gasteiger partial charge in [-0.15, -0.1) is 0 Å². The third-order valence-corrected chi connectivity index (χ3v) is 4.00. The van der Waals surface area contributed by atoms with E-state index in [1.165, 1.54) is 36.3 Å². The van der Waals surface area contributed by atoms with E-state index in [2.05, 4.69) is 15.6 Å². The van der Waals surface area contributed by atoms with Crippen molar-refractivity contribution in [3.05, 3.63) is 35.4 Å². The van der Waals surface area contributed by atoms with Crippen molar-refractivity contribution in [3.63, 3.8) is 0 Å². The molecule has 9 heteroatoms. The molecule has 0 saturated carbocycles. The van der Waals surface area contributed by atoms with Crippen LogP contribution in [0.5, 0.6) is 0 Å². The van der Waals surface area contributed by atoms with E-state index in [1.807, 2.05) is 0 Å². The van der Waals surface area contributed by atoms with Gasteiger partial charge in [-0.05, 0) is 37.1 Å². The minimum atomic E-state index is -0.998. The van der Waals surface area contributed by atoms with Crippen LogP contribution in [0.15, 0.2) is 24.3 Å². The molecule has 0 radical (unpaired) electrons. The molecule has 1 aromatic rings. The minimum absolute atomic E-state index is 0.272. The Labute approximate surface area is 143 Å². The molecule has 1 aliphatic rings. The molecule has 1 fully saturated rings. The third-order valence-electron chi connectivity index (χ3n) is 4.00. The number of esters is 1. The Morgan fingerprint density at radius 1 is 1.04 bits per heavy atom. The van der Waals surface area contributed by atoms with Crippen LogP contribution in [0.3, 0.4) is 0 Å². The molecule has 0 aliphatic carbocycles. The molecule has 3 amide bonds. The number of piperidine rings is 1. The molecule has 134 valence electrons. The van der Waals surface area contributed by atoms with E-state index in [1.54, 1.807) is 0 Å². The number of hydrazine groups is 1. The number of carbonyl (C=O) groups excluding carboxylic acids is 3. The molecule has 1 saturated heterocycles. The predicted molar refractivity (Wildman–Crippen MR) is 85.7 cm³/mol. The van der Waals surface area contributed by atoms with Crippen LogP contribution in [0.2, 0.25) is 0 Å². The van der Waals surface area contributed by atoms with Crippen LogP contribution in [0.1, 0.15) is 33.6 Å². The average Bonchev–Trinajstić information content (AvgIpc) is 2.65. The SMILES string of the molecule is COC(=O)c1ccc(C(=O)NNC(=O)C2CCN(C(=O)O)CC2)cc1. The zero-order valence-electron chi connectivity index (χ0n) is 13.7. The maximum absolute atomic E-state index is 12.0. The summed E-state index contributed by atoms with van der Waals surface area (Å²) in [5.41, 5.74) is 5.24. The van der Waals surface area contributed by atoms with Crippen molar-refractivity contribution in [3.8, 4) is 0 Å². The first-order chi connectivity index (χ1) is 11.9. The van der Waals surface area contributed by atoms with Gasteiger partial charge in [-0.3, -0.25) is 20.4 Å². The van der Waals surface area contributed by atoms with Gasteiger partial charge in [0.1, 0.15) is 0 Å². The number of benzene rings is 1. The first-order valence-corrected chi connectivity index (χ1v) is 7.69. The fourth-order valence-corrected chi connectivity index (χ4v) is 2.50. The molecule has 0 unspecified atom stereocenters. The molecule has 2 rings (SSSR count). The van der Waals surface area contributed by atoms with Crippen molar-refractivity contribution in [2.24, 2.45) is 5.92 Å². The van der Waals surface area contributed by atoms with Crippen molar-refractivity contribution >= 4 is 23.9 Å². The van der Waals surface area contributed by atoms with Crippen molar-refractivity contribution in [2.45, 2.75) is 12.8 Å². The Morgan fingerprint density at radius 2 is 1.60 bits per heavy atom. The molecule has 1 aromatic carbocycles. The highest BCUT2D eigenvalue weighted by molar-refractivity contribution is 5.97. The van der Waals surface area contributed by atoms with Gasteiger partial charge in [0, 0.05) is 24.6 Å². The molecule has 0 spiro atoms. The van der Waals surface area contributed by atoms with Gasteiger partial charge in [-0.25, -0.2) is 9.59 Å². The normalized spacial score (nSPS) is 14.5. The Hall–Kier alpha value is -3.10. The quantitative estimate of drug-likeness (QED) is 0.543. The number of methoxy groups -OCH3 is 1. The second kappa shape index (κ2) is 8.13. The van der Waals surface area contributed by atoms with Crippen molar-refractivity contribution in [2.75, 3.05) is 20.2 Å². The molecule has 1 aliphatic heterocycles. The second-order valence-corrected chi connectivity index (χ2v) is 5.56. The Bertz CT molecular complexity index is 665. The lowest BCUT2D eigenvalue weighted by Gasteiger charge is -2.29. The Morgan fingerprint density at radius 3 is 2.12 bits per heavy atom. The van der Waals surface area contributed by atoms with E-state index in [0.29, 0.717) is 18.4 Å². The molecule has 0 aromatic heterocycles. The smallest absolute Gasteiger partial charge is 0.407 e.